The highest BCUT2D eigenvalue weighted by Gasteiger charge is 2.42. The van der Waals surface area contributed by atoms with Gasteiger partial charge in [0.05, 0.1) is 12.9 Å². The molecule has 0 amide bonds. The Kier molecular flexibility index (Phi) is 6.09. The number of halogens is 6. The van der Waals surface area contributed by atoms with Gasteiger partial charge < -0.3 is 5.11 Å². The number of sulfonamides is 1. The third kappa shape index (κ3) is 9.96. The fourth-order valence-electron chi connectivity index (χ4n) is 1.51. The molecule has 11 heteroatoms. The Morgan fingerprint density at radius 3 is 1.63 bits per heavy atom. The molecule has 0 aliphatic carbocycles. The Balaban J connectivity index is 5.07. The zero-order chi connectivity index (χ0) is 15.5. The molecule has 0 saturated carbocycles. The molecular formula is C8H13F6NO3S. The molecule has 0 rings (SSSR count). The zero-order valence-corrected chi connectivity index (χ0v) is 10.5. The summed E-state index contributed by atoms with van der Waals surface area (Å²) in [6.07, 6.45) is -12.9. The van der Waals surface area contributed by atoms with Gasteiger partial charge in [-0.15, -0.1) is 0 Å². The molecule has 1 unspecified atom stereocenters. The predicted molar refractivity (Wildman–Crippen MR) is 53.7 cm³/mol. The topological polar surface area (TPSA) is 66.4 Å². The van der Waals surface area contributed by atoms with E-state index < -0.39 is 53.8 Å². The fourth-order valence-corrected chi connectivity index (χ4v) is 2.33. The predicted octanol–water partition coefficient (Wildman–Crippen LogP) is 1.42. The molecule has 116 valence electrons. The van der Waals surface area contributed by atoms with Crippen LogP contribution in [0.1, 0.15) is 12.8 Å². The minimum atomic E-state index is -4.90. The molecule has 2 N–H and O–H groups in total. The molecule has 0 bridgehead atoms. The monoisotopic (exact) mass is 317 g/mol. The molecule has 0 fully saturated rings. The molecule has 1 atom stereocenters. The molecule has 0 spiro atoms. The summed E-state index contributed by atoms with van der Waals surface area (Å²) < 4.78 is 96.4. The summed E-state index contributed by atoms with van der Waals surface area (Å²) in [5.41, 5.74) is 0. The van der Waals surface area contributed by atoms with Crippen LogP contribution in [-0.2, 0) is 10.0 Å². The van der Waals surface area contributed by atoms with Gasteiger partial charge >= 0.3 is 12.4 Å². The van der Waals surface area contributed by atoms with Gasteiger partial charge in [0.25, 0.3) is 0 Å². The molecule has 0 saturated heterocycles. The minimum absolute atomic E-state index is 0.577. The average Bonchev–Trinajstić information content (AvgIpc) is 2.06. The molecule has 4 nitrogen and oxygen atoms in total. The quantitative estimate of drug-likeness (QED) is 0.728. The summed E-state index contributed by atoms with van der Waals surface area (Å²) in [5, 5.41) is 8.79. The van der Waals surface area contributed by atoms with Crippen LogP contribution in [0.15, 0.2) is 0 Å². The second-order valence-corrected chi connectivity index (χ2v) is 5.86. The maximum Gasteiger partial charge on any atom is 0.389 e. The number of alkyl halides is 6. The lowest BCUT2D eigenvalue weighted by Gasteiger charge is -2.27. The van der Waals surface area contributed by atoms with Crippen molar-refractivity contribution in [1.29, 1.82) is 0 Å². The van der Waals surface area contributed by atoms with E-state index in [9.17, 15) is 34.8 Å². The van der Waals surface area contributed by atoms with Gasteiger partial charge in [0.2, 0.25) is 10.0 Å². The van der Waals surface area contributed by atoms with Crippen molar-refractivity contribution < 1.29 is 39.9 Å². The first-order chi connectivity index (χ1) is 8.23. The Morgan fingerprint density at radius 2 is 1.42 bits per heavy atom. The van der Waals surface area contributed by atoms with E-state index in [0.29, 0.717) is 6.26 Å². The first kappa shape index (κ1) is 18.4. The lowest BCUT2D eigenvalue weighted by Crippen LogP contribution is -2.45. The van der Waals surface area contributed by atoms with Crippen molar-refractivity contribution in [3.05, 3.63) is 0 Å². The van der Waals surface area contributed by atoms with Crippen molar-refractivity contribution in [1.82, 2.24) is 4.72 Å². The number of rotatable bonds is 6. The highest BCUT2D eigenvalue weighted by molar-refractivity contribution is 7.88. The minimum Gasteiger partial charge on any atom is -0.395 e. The van der Waals surface area contributed by atoms with E-state index in [1.165, 1.54) is 0 Å². The normalized spacial score (nSPS) is 15.8. The van der Waals surface area contributed by atoms with Crippen LogP contribution in [0.5, 0.6) is 0 Å². The molecule has 19 heavy (non-hydrogen) atoms. The molecule has 0 aromatic rings. The zero-order valence-electron chi connectivity index (χ0n) is 9.72. The second kappa shape index (κ2) is 6.27. The smallest absolute Gasteiger partial charge is 0.389 e. The van der Waals surface area contributed by atoms with Gasteiger partial charge in [-0.3, -0.25) is 0 Å². The first-order valence-electron chi connectivity index (χ1n) is 4.95. The van der Waals surface area contributed by atoms with Crippen LogP contribution >= 0.6 is 0 Å². The van der Waals surface area contributed by atoms with Crippen LogP contribution in [0.3, 0.4) is 0 Å². The third-order valence-corrected chi connectivity index (χ3v) is 2.85. The van der Waals surface area contributed by atoms with Crippen molar-refractivity contribution in [3.63, 3.8) is 0 Å². The summed E-state index contributed by atoms with van der Waals surface area (Å²) in [6, 6.07) is -1.85. The molecule has 0 aromatic carbocycles. The average molecular weight is 317 g/mol. The van der Waals surface area contributed by atoms with Crippen LogP contribution in [0, 0.1) is 5.92 Å². The molecule has 0 aliphatic rings. The molecule has 0 aromatic heterocycles. The van der Waals surface area contributed by atoms with Gasteiger partial charge in [0.1, 0.15) is 0 Å². The van der Waals surface area contributed by atoms with Crippen molar-refractivity contribution in [3.8, 4) is 0 Å². The molecule has 0 radical (unpaired) electrons. The van der Waals surface area contributed by atoms with Gasteiger partial charge in [0.15, 0.2) is 0 Å². The highest BCUT2D eigenvalue weighted by Crippen LogP contribution is 2.34. The summed E-state index contributed by atoms with van der Waals surface area (Å²) in [5.74, 6) is -2.13. The standard InChI is InChI=1S/C8H13F6NO3S/c1-19(17,18)15-6(4-16)5(2-7(9,10)11)3-8(12,13)14/h5-6,15-16H,2-4H2,1H3. The van der Waals surface area contributed by atoms with Crippen molar-refractivity contribution >= 4 is 10.0 Å². The highest BCUT2D eigenvalue weighted by atomic mass is 32.2. The largest absolute Gasteiger partial charge is 0.395 e. The van der Waals surface area contributed by atoms with Gasteiger partial charge in [-0.25, -0.2) is 13.1 Å². The first-order valence-corrected chi connectivity index (χ1v) is 6.84. The summed E-state index contributed by atoms with van der Waals surface area (Å²) >= 11 is 0. The van der Waals surface area contributed by atoms with E-state index >= 15 is 0 Å². The van der Waals surface area contributed by atoms with Gasteiger partial charge in [-0.2, -0.15) is 26.3 Å². The molecule has 0 heterocycles. The van der Waals surface area contributed by atoms with Crippen LogP contribution in [0.2, 0.25) is 0 Å². The number of nitrogens with one attached hydrogen (secondary N) is 1. The Bertz CT molecular complexity index is 361. The number of aliphatic hydroxyl groups is 1. The maximum atomic E-state index is 12.2. The van der Waals surface area contributed by atoms with E-state index in [4.69, 9.17) is 5.11 Å². The van der Waals surface area contributed by atoms with Gasteiger partial charge in [-0.1, -0.05) is 0 Å². The lowest BCUT2D eigenvalue weighted by atomic mass is 9.93. The summed E-state index contributed by atoms with van der Waals surface area (Å²) in [6.45, 7) is -1.16. The van der Waals surface area contributed by atoms with Gasteiger partial charge in [0, 0.05) is 18.9 Å². The van der Waals surface area contributed by atoms with E-state index in [1.807, 2.05) is 0 Å². The van der Waals surface area contributed by atoms with Crippen LogP contribution in [0.25, 0.3) is 0 Å². The van der Waals surface area contributed by atoms with E-state index in [2.05, 4.69) is 0 Å². The summed E-state index contributed by atoms with van der Waals surface area (Å²) in [4.78, 5) is 0. The Morgan fingerprint density at radius 1 is 1.05 bits per heavy atom. The Labute approximate surface area is 105 Å². The third-order valence-electron chi connectivity index (χ3n) is 2.12. The SMILES string of the molecule is CS(=O)(=O)NC(CO)C(CC(F)(F)F)CC(F)(F)F. The van der Waals surface area contributed by atoms with Crippen LogP contribution in [0.4, 0.5) is 26.3 Å². The second-order valence-electron chi connectivity index (χ2n) is 4.08. The van der Waals surface area contributed by atoms with E-state index in [0.717, 1.165) is 0 Å². The molecular weight excluding hydrogens is 304 g/mol. The fraction of sp³-hybridized carbons (Fsp3) is 1.00. The van der Waals surface area contributed by atoms with Gasteiger partial charge in [-0.05, 0) is 5.92 Å². The van der Waals surface area contributed by atoms with E-state index in [-0.39, 0.29) is 0 Å². The van der Waals surface area contributed by atoms with Crippen LogP contribution < -0.4 is 4.72 Å². The lowest BCUT2D eigenvalue weighted by molar-refractivity contribution is -0.176. The maximum absolute atomic E-state index is 12.2. The van der Waals surface area contributed by atoms with Crippen molar-refractivity contribution in [2.75, 3.05) is 12.9 Å². The molecule has 0 aliphatic heterocycles. The van der Waals surface area contributed by atoms with Crippen molar-refractivity contribution in [2.45, 2.75) is 31.2 Å². The van der Waals surface area contributed by atoms with Crippen molar-refractivity contribution in [2.24, 2.45) is 5.92 Å². The van der Waals surface area contributed by atoms with E-state index in [1.54, 1.807) is 4.72 Å². The van der Waals surface area contributed by atoms with Crippen LogP contribution in [-0.4, -0.2) is 44.8 Å². The summed E-state index contributed by atoms with van der Waals surface area (Å²) in [7, 11) is -4.04. The Hall–Kier alpha value is -0.550. The number of hydrogen-bond acceptors (Lipinski definition) is 3. The number of hydrogen-bond donors (Lipinski definition) is 2. The number of aliphatic hydroxyl groups excluding tert-OH is 1.